The van der Waals surface area contributed by atoms with Crippen LogP contribution in [0.5, 0.6) is 0 Å². The van der Waals surface area contributed by atoms with Crippen molar-refractivity contribution in [2.24, 2.45) is 0 Å². The molecule has 0 saturated carbocycles. The lowest BCUT2D eigenvalue weighted by Crippen LogP contribution is -2.01. The maximum Gasteiger partial charge on any atom is 0.136 e. The van der Waals surface area contributed by atoms with Gasteiger partial charge in [0.05, 0.1) is 0 Å². The van der Waals surface area contributed by atoms with Gasteiger partial charge in [0, 0.05) is 12.8 Å². The van der Waals surface area contributed by atoms with Crippen LogP contribution in [0.2, 0.25) is 0 Å². The van der Waals surface area contributed by atoms with Crippen molar-refractivity contribution < 1.29 is 4.79 Å². The minimum absolute atomic E-state index is 0.311. The second kappa shape index (κ2) is 4.94. The molecule has 0 atom stereocenters. The van der Waals surface area contributed by atoms with Crippen molar-refractivity contribution in [3.8, 4) is 0 Å². The van der Waals surface area contributed by atoms with Crippen molar-refractivity contribution >= 4 is 5.78 Å². The Balaban J connectivity index is 2.78. The predicted molar refractivity (Wildman–Crippen MR) is 59.5 cm³/mol. The fourth-order valence-electron chi connectivity index (χ4n) is 1.41. The van der Waals surface area contributed by atoms with Crippen LogP contribution in [0.25, 0.3) is 0 Å². The van der Waals surface area contributed by atoms with Crippen molar-refractivity contribution in [2.75, 3.05) is 0 Å². The highest BCUT2D eigenvalue weighted by molar-refractivity contribution is 5.80. The summed E-state index contributed by atoms with van der Waals surface area (Å²) in [4.78, 5) is 11.3. The molecule has 0 fully saturated rings. The van der Waals surface area contributed by atoms with E-state index in [1.165, 1.54) is 5.56 Å². The highest BCUT2D eigenvalue weighted by Gasteiger charge is 2.03. The number of rotatable bonds is 4. The van der Waals surface area contributed by atoms with Crippen molar-refractivity contribution in [2.45, 2.75) is 39.5 Å². The van der Waals surface area contributed by atoms with Crippen LogP contribution in [0.15, 0.2) is 24.3 Å². The number of ketones is 1. The molecule has 1 nitrogen and oxygen atoms in total. The van der Waals surface area contributed by atoms with E-state index in [0.29, 0.717) is 24.5 Å². The highest BCUT2D eigenvalue weighted by Crippen LogP contribution is 2.16. The Kier molecular flexibility index (Phi) is 3.87. The minimum Gasteiger partial charge on any atom is -0.299 e. The molecule has 1 heteroatoms. The van der Waals surface area contributed by atoms with E-state index in [1.54, 1.807) is 0 Å². The van der Waals surface area contributed by atoms with E-state index >= 15 is 0 Å². The Labute approximate surface area is 86.1 Å². The van der Waals surface area contributed by atoms with Gasteiger partial charge in [-0.2, -0.15) is 0 Å². The SMILES string of the molecule is CCC(=O)Cc1cccc(C(C)C)c1. The normalized spacial score (nSPS) is 10.6. The molecule has 0 heterocycles. The van der Waals surface area contributed by atoms with Crippen LogP contribution in [0.3, 0.4) is 0 Å². The Hall–Kier alpha value is -1.11. The van der Waals surface area contributed by atoms with Crippen molar-refractivity contribution in [3.63, 3.8) is 0 Å². The lowest BCUT2D eigenvalue weighted by atomic mass is 9.98. The van der Waals surface area contributed by atoms with E-state index in [2.05, 4.69) is 26.0 Å². The molecule has 1 rings (SSSR count). The summed E-state index contributed by atoms with van der Waals surface area (Å²) in [6.45, 7) is 6.25. The molecule has 76 valence electrons. The summed E-state index contributed by atoms with van der Waals surface area (Å²) in [6, 6.07) is 8.32. The second-order valence-electron chi connectivity index (χ2n) is 3.97. The lowest BCUT2D eigenvalue weighted by molar-refractivity contribution is -0.118. The van der Waals surface area contributed by atoms with Gasteiger partial charge >= 0.3 is 0 Å². The molecule has 14 heavy (non-hydrogen) atoms. The Morgan fingerprint density at radius 2 is 2.07 bits per heavy atom. The van der Waals surface area contributed by atoms with Gasteiger partial charge in [-0.15, -0.1) is 0 Å². The molecule has 0 aliphatic carbocycles. The summed E-state index contributed by atoms with van der Waals surface area (Å²) in [5.41, 5.74) is 2.45. The quantitative estimate of drug-likeness (QED) is 0.711. The van der Waals surface area contributed by atoms with E-state index in [-0.39, 0.29) is 0 Å². The molecular formula is C13H18O. The summed E-state index contributed by atoms with van der Waals surface area (Å²) < 4.78 is 0. The first-order valence-corrected chi connectivity index (χ1v) is 5.24. The molecule has 1 aromatic rings. The summed E-state index contributed by atoms with van der Waals surface area (Å²) in [5, 5.41) is 0. The Morgan fingerprint density at radius 3 is 2.64 bits per heavy atom. The van der Waals surface area contributed by atoms with E-state index in [1.807, 2.05) is 19.1 Å². The third kappa shape index (κ3) is 2.99. The van der Waals surface area contributed by atoms with Crippen LogP contribution in [0.1, 0.15) is 44.2 Å². The number of hydrogen-bond donors (Lipinski definition) is 0. The molecule has 0 aromatic heterocycles. The number of carbonyl (C=O) groups is 1. The molecule has 0 aliphatic rings. The van der Waals surface area contributed by atoms with Gasteiger partial charge in [0.2, 0.25) is 0 Å². The zero-order valence-electron chi connectivity index (χ0n) is 9.21. The molecule has 0 saturated heterocycles. The number of Topliss-reactive ketones (excluding diaryl/α,β-unsaturated/α-hetero) is 1. The van der Waals surface area contributed by atoms with E-state index < -0.39 is 0 Å². The first-order chi connectivity index (χ1) is 6.63. The van der Waals surface area contributed by atoms with E-state index in [4.69, 9.17) is 0 Å². The van der Waals surface area contributed by atoms with E-state index in [9.17, 15) is 4.79 Å². The second-order valence-corrected chi connectivity index (χ2v) is 3.97. The maximum atomic E-state index is 11.3. The Morgan fingerprint density at radius 1 is 1.36 bits per heavy atom. The van der Waals surface area contributed by atoms with Gasteiger partial charge in [0.15, 0.2) is 0 Å². The van der Waals surface area contributed by atoms with Gasteiger partial charge in [-0.05, 0) is 17.0 Å². The van der Waals surface area contributed by atoms with Crippen LogP contribution < -0.4 is 0 Å². The molecule has 0 amide bonds. The van der Waals surface area contributed by atoms with Crippen molar-refractivity contribution in [1.82, 2.24) is 0 Å². The largest absolute Gasteiger partial charge is 0.299 e. The summed E-state index contributed by atoms with van der Waals surface area (Å²) >= 11 is 0. The number of carbonyl (C=O) groups excluding carboxylic acids is 1. The average molecular weight is 190 g/mol. The highest BCUT2D eigenvalue weighted by atomic mass is 16.1. The van der Waals surface area contributed by atoms with Gasteiger partial charge in [-0.3, -0.25) is 4.79 Å². The maximum absolute atomic E-state index is 11.3. The fourth-order valence-corrected chi connectivity index (χ4v) is 1.41. The lowest BCUT2D eigenvalue weighted by Gasteiger charge is -2.07. The zero-order valence-corrected chi connectivity index (χ0v) is 9.21. The third-order valence-corrected chi connectivity index (χ3v) is 2.41. The van der Waals surface area contributed by atoms with Gasteiger partial charge in [0.1, 0.15) is 5.78 Å². The average Bonchev–Trinajstić information content (AvgIpc) is 2.18. The smallest absolute Gasteiger partial charge is 0.136 e. The molecule has 0 spiro atoms. The fraction of sp³-hybridized carbons (Fsp3) is 0.462. The summed E-state index contributed by atoms with van der Waals surface area (Å²) in [7, 11) is 0. The molecular weight excluding hydrogens is 172 g/mol. The minimum atomic E-state index is 0.311. The third-order valence-electron chi connectivity index (χ3n) is 2.41. The molecule has 0 unspecified atom stereocenters. The van der Waals surface area contributed by atoms with Crippen molar-refractivity contribution in [1.29, 1.82) is 0 Å². The Bertz CT molecular complexity index is 313. The van der Waals surface area contributed by atoms with Gasteiger partial charge < -0.3 is 0 Å². The van der Waals surface area contributed by atoms with Crippen LogP contribution in [0.4, 0.5) is 0 Å². The van der Waals surface area contributed by atoms with Crippen molar-refractivity contribution in [3.05, 3.63) is 35.4 Å². The molecule has 0 aliphatic heterocycles. The van der Waals surface area contributed by atoms with Crippen LogP contribution in [0, 0.1) is 0 Å². The molecule has 0 N–H and O–H groups in total. The van der Waals surface area contributed by atoms with Gasteiger partial charge in [-0.1, -0.05) is 45.0 Å². The standard InChI is InChI=1S/C13H18O/c1-4-13(14)9-11-6-5-7-12(8-11)10(2)3/h5-8,10H,4,9H2,1-3H3. The number of benzene rings is 1. The molecule has 0 radical (unpaired) electrons. The summed E-state index contributed by atoms with van der Waals surface area (Å²) in [6.07, 6.45) is 1.21. The monoisotopic (exact) mass is 190 g/mol. The van der Waals surface area contributed by atoms with E-state index in [0.717, 1.165) is 5.56 Å². The zero-order chi connectivity index (χ0) is 10.6. The van der Waals surface area contributed by atoms with Crippen LogP contribution in [-0.4, -0.2) is 5.78 Å². The topological polar surface area (TPSA) is 17.1 Å². The predicted octanol–water partition coefficient (Wildman–Crippen LogP) is 3.33. The molecule has 0 bridgehead atoms. The van der Waals surface area contributed by atoms with Gasteiger partial charge in [0.25, 0.3) is 0 Å². The molecule has 1 aromatic carbocycles. The van der Waals surface area contributed by atoms with Crippen LogP contribution >= 0.6 is 0 Å². The first kappa shape index (κ1) is 11.0. The summed E-state index contributed by atoms with van der Waals surface area (Å²) in [5.74, 6) is 0.845. The number of hydrogen-bond acceptors (Lipinski definition) is 1. The van der Waals surface area contributed by atoms with Crippen LogP contribution in [-0.2, 0) is 11.2 Å². The first-order valence-electron chi connectivity index (χ1n) is 5.24. The van der Waals surface area contributed by atoms with Gasteiger partial charge in [-0.25, -0.2) is 0 Å².